The lowest BCUT2D eigenvalue weighted by Gasteiger charge is -2.15. The topological polar surface area (TPSA) is 65.0 Å². The average molecular weight is 305 g/mol. The van der Waals surface area contributed by atoms with Crippen LogP contribution in [0.15, 0.2) is 10.5 Å². The van der Waals surface area contributed by atoms with Gasteiger partial charge in [-0.15, -0.1) is 0 Å². The van der Waals surface area contributed by atoms with E-state index in [9.17, 15) is 9.90 Å². The van der Waals surface area contributed by atoms with Gasteiger partial charge >= 0.3 is 5.97 Å². The molecule has 1 aromatic rings. The Bertz CT molecular complexity index is 430. The second-order valence-electron chi connectivity index (χ2n) is 3.17. The first kappa shape index (κ1) is 13.8. The van der Waals surface area contributed by atoms with Crippen LogP contribution in [0, 0.1) is 0 Å². The molecule has 0 heterocycles. The summed E-state index contributed by atoms with van der Waals surface area (Å²) in [5.41, 5.74) is 0.578. The fourth-order valence-corrected chi connectivity index (χ4v) is 1.92. The van der Waals surface area contributed by atoms with E-state index in [1.807, 2.05) is 0 Å². The Morgan fingerprint density at radius 2 is 2.00 bits per heavy atom. The van der Waals surface area contributed by atoms with Gasteiger partial charge in [0, 0.05) is 6.92 Å². The number of benzene rings is 1. The van der Waals surface area contributed by atoms with Crippen LogP contribution in [0.1, 0.15) is 12.5 Å². The molecule has 0 spiro atoms. The molecule has 0 fully saturated rings. The summed E-state index contributed by atoms with van der Waals surface area (Å²) in [7, 11) is 2.88. The number of esters is 1. The Morgan fingerprint density at radius 1 is 1.35 bits per heavy atom. The summed E-state index contributed by atoms with van der Waals surface area (Å²) in [4.78, 5) is 11.0. The van der Waals surface area contributed by atoms with E-state index in [0.29, 0.717) is 21.5 Å². The van der Waals surface area contributed by atoms with Gasteiger partial charge in [-0.3, -0.25) is 4.79 Å². The number of rotatable bonds is 4. The predicted octanol–water partition coefficient (Wildman–Crippen LogP) is 1.88. The average Bonchev–Trinajstić information content (AvgIpc) is 2.29. The zero-order valence-corrected chi connectivity index (χ0v) is 11.3. The van der Waals surface area contributed by atoms with Crippen molar-refractivity contribution in [1.29, 1.82) is 0 Å². The molecule has 0 aliphatic carbocycles. The van der Waals surface area contributed by atoms with E-state index in [2.05, 4.69) is 15.9 Å². The smallest absolute Gasteiger partial charge is 0.308 e. The van der Waals surface area contributed by atoms with Gasteiger partial charge < -0.3 is 19.3 Å². The summed E-state index contributed by atoms with van der Waals surface area (Å²) in [5.74, 6) is 0.338. The first-order chi connectivity index (χ1) is 8.04. The number of carbonyl (C=O) groups is 1. The van der Waals surface area contributed by atoms with Crippen LogP contribution in [-0.2, 0) is 11.4 Å². The Kier molecular flexibility index (Phi) is 4.77. The van der Waals surface area contributed by atoms with Crippen LogP contribution in [0.25, 0.3) is 0 Å². The van der Waals surface area contributed by atoms with Gasteiger partial charge in [0.1, 0.15) is 0 Å². The summed E-state index contributed by atoms with van der Waals surface area (Å²) < 4.78 is 15.8. The molecular weight excluding hydrogens is 292 g/mol. The molecule has 0 saturated heterocycles. The van der Waals surface area contributed by atoms with E-state index in [1.54, 1.807) is 6.07 Å². The van der Waals surface area contributed by atoms with Crippen molar-refractivity contribution in [3.05, 3.63) is 16.1 Å². The van der Waals surface area contributed by atoms with Crippen LogP contribution < -0.4 is 14.2 Å². The van der Waals surface area contributed by atoms with Crippen LogP contribution >= 0.6 is 15.9 Å². The van der Waals surface area contributed by atoms with Crippen LogP contribution in [0.5, 0.6) is 17.2 Å². The summed E-state index contributed by atoms with van der Waals surface area (Å²) >= 11 is 3.27. The molecule has 17 heavy (non-hydrogen) atoms. The Morgan fingerprint density at radius 3 is 2.41 bits per heavy atom. The first-order valence-corrected chi connectivity index (χ1v) is 5.57. The number of methoxy groups -OCH3 is 2. The fourth-order valence-electron chi connectivity index (χ4n) is 1.33. The van der Waals surface area contributed by atoms with E-state index in [1.165, 1.54) is 21.1 Å². The van der Waals surface area contributed by atoms with Gasteiger partial charge in [0.2, 0.25) is 5.75 Å². The van der Waals surface area contributed by atoms with Crippen molar-refractivity contribution >= 4 is 21.9 Å². The minimum atomic E-state index is -0.481. The van der Waals surface area contributed by atoms with Crippen molar-refractivity contribution < 1.29 is 24.1 Å². The molecule has 0 unspecified atom stereocenters. The van der Waals surface area contributed by atoms with Crippen LogP contribution in [-0.4, -0.2) is 25.3 Å². The third kappa shape index (κ3) is 2.89. The maximum Gasteiger partial charge on any atom is 0.308 e. The highest BCUT2D eigenvalue weighted by atomic mass is 79.9. The van der Waals surface area contributed by atoms with Crippen molar-refractivity contribution in [1.82, 2.24) is 0 Å². The zero-order valence-electron chi connectivity index (χ0n) is 9.74. The number of halogens is 1. The summed E-state index contributed by atoms with van der Waals surface area (Å²) in [6.07, 6.45) is 0. The standard InChI is InChI=1S/C11H13BrO5/c1-6(14)17-10-8(15-2)4-7(5-13)9(12)11(10)16-3/h4,13H,5H2,1-3H3. The normalized spacial score (nSPS) is 9.94. The number of aliphatic hydroxyl groups is 1. The van der Waals surface area contributed by atoms with Gasteiger partial charge in [0.05, 0.1) is 25.3 Å². The Labute approximate surface area is 107 Å². The second-order valence-corrected chi connectivity index (χ2v) is 3.96. The summed E-state index contributed by atoms with van der Waals surface area (Å²) in [5, 5.41) is 9.18. The first-order valence-electron chi connectivity index (χ1n) is 4.77. The number of hydrogen-bond donors (Lipinski definition) is 1. The van der Waals surface area contributed by atoms with E-state index in [4.69, 9.17) is 14.2 Å². The molecule has 1 aromatic carbocycles. The molecule has 6 heteroatoms. The minimum absolute atomic E-state index is 0.187. The van der Waals surface area contributed by atoms with Crippen molar-refractivity contribution in [2.75, 3.05) is 14.2 Å². The molecule has 0 amide bonds. The molecule has 5 nitrogen and oxygen atoms in total. The quantitative estimate of drug-likeness (QED) is 0.680. The van der Waals surface area contributed by atoms with Gasteiger partial charge in [-0.25, -0.2) is 0 Å². The molecular formula is C11H13BrO5. The van der Waals surface area contributed by atoms with Crippen LogP contribution in [0.3, 0.4) is 0 Å². The number of carbonyl (C=O) groups excluding carboxylic acids is 1. The monoisotopic (exact) mass is 304 g/mol. The lowest BCUT2D eigenvalue weighted by molar-refractivity contribution is -0.132. The third-order valence-electron chi connectivity index (χ3n) is 2.06. The lowest BCUT2D eigenvalue weighted by Crippen LogP contribution is -2.06. The summed E-state index contributed by atoms with van der Waals surface area (Å²) in [6, 6.07) is 1.57. The Balaban J connectivity index is 3.42. The summed E-state index contributed by atoms with van der Waals surface area (Å²) in [6.45, 7) is 1.10. The zero-order chi connectivity index (χ0) is 13.0. The number of aliphatic hydroxyl groups excluding tert-OH is 1. The maximum absolute atomic E-state index is 11.0. The van der Waals surface area contributed by atoms with Crippen molar-refractivity contribution in [2.24, 2.45) is 0 Å². The molecule has 0 radical (unpaired) electrons. The van der Waals surface area contributed by atoms with Crippen molar-refractivity contribution in [3.63, 3.8) is 0 Å². The maximum atomic E-state index is 11.0. The van der Waals surface area contributed by atoms with Gasteiger partial charge in [-0.1, -0.05) is 0 Å². The Hall–Kier alpha value is -1.27. The molecule has 0 atom stereocenters. The molecule has 0 aromatic heterocycles. The second kappa shape index (κ2) is 5.88. The predicted molar refractivity (Wildman–Crippen MR) is 64.5 cm³/mol. The van der Waals surface area contributed by atoms with Gasteiger partial charge in [-0.2, -0.15) is 0 Å². The molecule has 94 valence electrons. The van der Waals surface area contributed by atoms with Gasteiger partial charge in [0.15, 0.2) is 11.5 Å². The number of hydrogen-bond acceptors (Lipinski definition) is 5. The van der Waals surface area contributed by atoms with E-state index in [0.717, 1.165) is 0 Å². The highest BCUT2D eigenvalue weighted by Crippen LogP contribution is 2.44. The molecule has 0 aliphatic rings. The van der Waals surface area contributed by atoms with Crippen molar-refractivity contribution in [3.8, 4) is 17.2 Å². The van der Waals surface area contributed by atoms with Crippen LogP contribution in [0.2, 0.25) is 0 Å². The van der Waals surface area contributed by atoms with Gasteiger partial charge in [-0.05, 0) is 27.6 Å². The highest BCUT2D eigenvalue weighted by Gasteiger charge is 2.20. The lowest BCUT2D eigenvalue weighted by atomic mass is 10.2. The van der Waals surface area contributed by atoms with Crippen molar-refractivity contribution in [2.45, 2.75) is 13.5 Å². The van der Waals surface area contributed by atoms with E-state index in [-0.39, 0.29) is 12.4 Å². The fraction of sp³-hybridized carbons (Fsp3) is 0.364. The largest absolute Gasteiger partial charge is 0.493 e. The highest BCUT2D eigenvalue weighted by molar-refractivity contribution is 9.10. The third-order valence-corrected chi connectivity index (χ3v) is 2.93. The molecule has 1 rings (SSSR count). The van der Waals surface area contributed by atoms with E-state index >= 15 is 0 Å². The molecule has 0 saturated carbocycles. The molecule has 1 N–H and O–H groups in total. The SMILES string of the molecule is COc1cc(CO)c(Br)c(OC)c1OC(C)=O. The molecule has 0 aliphatic heterocycles. The molecule has 0 bridgehead atoms. The minimum Gasteiger partial charge on any atom is -0.493 e. The number of ether oxygens (including phenoxy) is 3. The van der Waals surface area contributed by atoms with Gasteiger partial charge in [0.25, 0.3) is 0 Å². The van der Waals surface area contributed by atoms with E-state index < -0.39 is 5.97 Å². The van der Waals surface area contributed by atoms with Crippen LogP contribution in [0.4, 0.5) is 0 Å².